The minimum absolute atomic E-state index is 0.0698. The number of benzene rings is 1. The summed E-state index contributed by atoms with van der Waals surface area (Å²) in [5, 5.41) is 8.91. The van der Waals surface area contributed by atoms with Crippen LogP contribution in [0.1, 0.15) is 41.6 Å². The molecule has 0 aliphatic heterocycles. The van der Waals surface area contributed by atoms with Gasteiger partial charge in [0.15, 0.2) is 5.69 Å². The van der Waals surface area contributed by atoms with Crippen molar-refractivity contribution in [2.45, 2.75) is 26.7 Å². The summed E-state index contributed by atoms with van der Waals surface area (Å²) in [6.45, 7) is 6.07. The third-order valence-electron chi connectivity index (χ3n) is 2.94. The molecule has 0 spiro atoms. The summed E-state index contributed by atoms with van der Waals surface area (Å²) in [6, 6.07) is 8.07. The lowest BCUT2D eigenvalue weighted by Crippen LogP contribution is -1.96. The first-order valence-corrected chi connectivity index (χ1v) is 5.88. The summed E-state index contributed by atoms with van der Waals surface area (Å²) in [7, 11) is 0. The third kappa shape index (κ3) is 2.27. The van der Waals surface area contributed by atoms with E-state index in [2.05, 4.69) is 31.0 Å². The van der Waals surface area contributed by atoms with E-state index >= 15 is 0 Å². The number of imidazole rings is 1. The van der Waals surface area contributed by atoms with Gasteiger partial charge in [-0.2, -0.15) is 0 Å². The van der Waals surface area contributed by atoms with Gasteiger partial charge in [0.1, 0.15) is 5.82 Å². The zero-order chi connectivity index (χ0) is 13.3. The number of aryl methyl sites for hydroxylation is 1. The third-order valence-corrected chi connectivity index (χ3v) is 2.94. The molecule has 0 bridgehead atoms. The van der Waals surface area contributed by atoms with Gasteiger partial charge in [-0.1, -0.05) is 26.0 Å². The summed E-state index contributed by atoms with van der Waals surface area (Å²) < 4.78 is 1.79. The molecule has 18 heavy (non-hydrogen) atoms. The standard InChI is InChI=1S/C14H16N2O2/c1-9(2)11-4-6-12(7-5-11)16-8-13(14(17)18)15-10(16)3/h4-9H,1-3H3,(H,17,18). The van der Waals surface area contributed by atoms with E-state index in [0.717, 1.165) is 5.69 Å². The summed E-state index contributed by atoms with van der Waals surface area (Å²) >= 11 is 0. The van der Waals surface area contributed by atoms with Crippen molar-refractivity contribution in [1.29, 1.82) is 0 Å². The Balaban J connectivity index is 2.39. The molecular formula is C14H16N2O2. The maximum atomic E-state index is 10.9. The lowest BCUT2D eigenvalue weighted by atomic mass is 10.0. The number of aromatic carboxylic acids is 1. The van der Waals surface area contributed by atoms with Crippen LogP contribution in [0.3, 0.4) is 0 Å². The van der Waals surface area contributed by atoms with E-state index < -0.39 is 5.97 Å². The van der Waals surface area contributed by atoms with Gasteiger partial charge in [0.05, 0.1) is 0 Å². The average molecular weight is 244 g/mol. The molecule has 0 atom stereocenters. The number of carboxylic acids is 1. The lowest BCUT2D eigenvalue weighted by molar-refractivity contribution is 0.0691. The number of aromatic nitrogens is 2. The molecule has 0 aliphatic carbocycles. The highest BCUT2D eigenvalue weighted by atomic mass is 16.4. The van der Waals surface area contributed by atoms with Crippen molar-refractivity contribution in [2.75, 3.05) is 0 Å². The molecule has 0 fully saturated rings. The molecular weight excluding hydrogens is 228 g/mol. The van der Waals surface area contributed by atoms with Crippen LogP contribution in [-0.4, -0.2) is 20.6 Å². The number of nitrogens with zero attached hydrogens (tertiary/aromatic N) is 2. The van der Waals surface area contributed by atoms with Gasteiger partial charge in [0.25, 0.3) is 0 Å². The van der Waals surface area contributed by atoms with Crippen LogP contribution in [0.15, 0.2) is 30.5 Å². The molecule has 0 unspecified atom stereocenters. The molecule has 4 heteroatoms. The molecule has 1 heterocycles. The number of carboxylic acid groups (broad SMARTS) is 1. The van der Waals surface area contributed by atoms with Gasteiger partial charge in [-0.3, -0.25) is 0 Å². The Hall–Kier alpha value is -2.10. The SMILES string of the molecule is Cc1nc(C(=O)O)cn1-c1ccc(C(C)C)cc1. The van der Waals surface area contributed by atoms with Crippen LogP contribution in [-0.2, 0) is 0 Å². The van der Waals surface area contributed by atoms with E-state index in [4.69, 9.17) is 5.11 Å². The highest BCUT2D eigenvalue weighted by Crippen LogP contribution is 2.18. The van der Waals surface area contributed by atoms with Crippen molar-refractivity contribution >= 4 is 5.97 Å². The first kappa shape index (κ1) is 12.4. The largest absolute Gasteiger partial charge is 0.476 e. The Morgan fingerprint density at radius 3 is 2.33 bits per heavy atom. The van der Waals surface area contributed by atoms with Crippen LogP contribution >= 0.6 is 0 Å². The number of hydrogen-bond donors (Lipinski definition) is 1. The van der Waals surface area contributed by atoms with Crippen LogP contribution in [0.2, 0.25) is 0 Å². The van der Waals surface area contributed by atoms with Gasteiger partial charge in [-0.15, -0.1) is 0 Å². The molecule has 2 aromatic rings. The first-order valence-electron chi connectivity index (χ1n) is 5.88. The maximum Gasteiger partial charge on any atom is 0.356 e. The second-order valence-corrected chi connectivity index (χ2v) is 4.59. The molecule has 1 N–H and O–H groups in total. The van der Waals surface area contributed by atoms with E-state index in [9.17, 15) is 4.79 Å². The van der Waals surface area contributed by atoms with Crippen LogP contribution in [0, 0.1) is 6.92 Å². The number of carbonyl (C=O) groups is 1. The molecule has 0 saturated carbocycles. The fraction of sp³-hybridized carbons (Fsp3) is 0.286. The fourth-order valence-electron chi connectivity index (χ4n) is 1.86. The van der Waals surface area contributed by atoms with Crippen molar-refractivity contribution in [2.24, 2.45) is 0 Å². The van der Waals surface area contributed by atoms with Crippen LogP contribution in [0.5, 0.6) is 0 Å². The summed E-state index contributed by atoms with van der Waals surface area (Å²) in [5.74, 6) is 0.151. The monoisotopic (exact) mass is 244 g/mol. The van der Waals surface area contributed by atoms with E-state index in [1.807, 2.05) is 12.1 Å². The highest BCUT2D eigenvalue weighted by molar-refractivity contribution is 5.85. The lowest BCUT2D eigenvalue weighted by Gasteiger charge is -2.08. The molecule has 0 radical (unpaired) electrons. The topological polar surface area (TPSA) is 55.1 Å². The molecule has 0 amide bonds. The van der Waals surface area contributed by atoms with E-state index in [-0.39, 0.29) is 5.69 Å². The number of rotatable bonds is 3. The second kappa shape index (κ2) is 4.64. The van der Waals surface area contributed by atoms with Gasteiger partial charge in [0, 0.05) is 11.9 Å². The van der Waals surface area contributed by atoms with Crippen molar-refractivity contribution in [3.8, 4) is 5.69 Å². The first-order chi connectivity index (χ1) is 8.49. The second-order valence-electron chi connectivity index (χ2n) is 4.59. The van der Waals surface area contributed by atoms with Crippen molar-refractivity contribution in [3.63, 3.8) is 0 Å². The predicted octanol–water partition coefficient (Wildman–Crippen LogP) is 3.00. The van der Waals surface area contributed by atoms with Crippen LogP contribution in [0.25, 0.3) is 5.69 Å². The van der Waals surface area contributed by atoms with Gasteiger partial charge < -0.3 is 9.67 Å². The smallest absolute Gasteiger partial charge is 0.356 e. The summed E-state index contributed by atoms with van der Waals surface area (Å²) in [6.07, 6.45) is 1.54. The van der Waals surface area contributed by atoms with Gasteiger partial charge in [-0.05, 0) is 30.5 Å². The normalized spacial score (nSPS) is 10.9. The molecule has 1 aromatic carbocycles. The van der Waals surface area contributed by atoms with Crippen molar-refractivity contribution in [1.82, 2.24) is 9.55 Å². The molecule has 4 nitrogen and oxygen atoms in total. The van der Waals surface area contributed by atoms with Crippen LogP contribution < -0.4 is 0 Å². The Bertz CT molecular complexity index is 568. The van der Waals surface area contributed by atoms with E-state index in [1.54, 1.807) is 17.7 Å². The van der Waals surface area contributed by atoms with Gasteiger partial charge in [-0.25, -0.2) is 9.78 Å². The predicted molar refractivity (Wildman–Crippen MR) is 69.3 cm³/mol. The maximum absolute atomic E-state index is 10.9. The molecule has 1 aromatic heterocycles. The molecule has 94 valence electrons. The number of hydrogen-bond acceptors (Lipinski definition) is 2. The molecule has 2 rings (SSSR count). The van der Waals surface area contributed by atoms with Crippen molar-refractivity contribution in [3.05, 3.63) is 47.5 Å². The molecule has 0 aliphatic rings. The minimum Gasteiger partial charge on any atom is -0.476 e. The zero-order valence-electron chi connectivity index (χ0n) is 10.7. The molecule has 0 saturated heterocycles. The van der Waals surface area contributed by atoms with E-state index in [0.29, 0.717) is 11.7 Å². The quantitative estimate of drug-likeness (QED) is 0.903. The fourth-order valence-corrected chi connectivity index (χ4v) is 1.86. The van der Waals surface area contributed by atoms with Gasteiger partial charge >= 0.3 is 5.97 Å². The summed E-state index contributed by atoms with van der Waals surface area (Å²) in [5.41, 5.74) is 2.26. The Kier molecular flexibility index (Phi) is 3.19. The average Bonchev–Trinajstić information content (AvgIpc) is 2.71. The van der Waals surface area contributed by atoms with Crippen LogP contribution in [0.4, 0.5) is 0 Å². The Morgan fingerprint density at radius 1 is 1.28 bits per heavy atom. The Morgan fingerprint density at radius 2 is 1.89 bits per heavy atom. The van der Waals surface area contributed by atoms with Crippen molar-refractivity contribution < 1.29 is 9.90 Å². The Labute approximate surface area is 106 Å². The minimum atomic E-state index is -1.00. The van der Waals surface area contributed by atoms with E-state index in [1.165, 1.54) is 5.56 Å². The summed E-state index contributed by atoms with van der Waals surface area (Å²) in [4.78, 5) is 14.9. The zero-order valence-corrected chi connectivity index (χ0v) is 10.7. The highest BCUT2D eigenvalue weighted by Gasteiger charge is 2.11. The van der Waals surface area contributed by atoms with Gasteiger partial charge in [0.2, 0.25) is 0 Å².